The van der Waals surface area contributed by atoms with E-state index in [0.29, 0.717) is 17.2 Å². The van der Waals surface area contributed by atoms with Crippen molar-refractivity contribution in [3.05, 3.63) is 114 Å². The lowest BCUT2D eigenvalue weighted by molar-refractivity contribution is 0.414. The maximum absolute atomic E-state index is 12.9. The minimum absolute atomic E-state index is 0.135. The highest BCUT2D eigenvalue weighted by molar-refractivity contribution is 7.91. The Hall–Kier alpha value is -3.57. The molecule has 174 valence electrons. The smallest absolute Gasteiger partial charge is 0.206 e. The fraction of sp³-hybridized carbons (Fsp3) is 0.172. The van der Waals surface area contributed by atoms with Crippen molar-refractivity contribution >= 4 is 9.84 Å². The molecule has 5 heteroatoms. The Balaban J connectivity index is 1.48. The topological polar surface area (TPSA) is 52.6 Å². The van der Waals surface area contributed by atoms with Gasteiger partial charge in [-0.05, 0) is 78.7 Å². The van der Waals surface area contributed by atoms with Gasteiger partial charge >= 0.3 is 0 Å². The predicted molar refractivity (Wildman–Crippen MR) is 135 cm³/mol. The van der Waals surface area contributed by atoms with Gasteiger partial charge in [-0.15, -0.1) is 0 Å². The summed E-state index contributed by atoms with van der Waals surface area (Å²) in [6.07, 6.45) is 0. The summed E-state index contributed by atoms with van der Waals surface area (Å²) < 4.78 is 36.8. The molecule has 4 rings (SSSR count). The van der Waals surface area contributed by atoms with Crippen LogP contribution >= 0.6 is 0 Å². The molecule has 4 aromatic carbocycles. The second kappa shape index (κ2) is 9.35. The zero-order valence-corrected chi connectivity index (χ0v) is 20.6. The zero-order valence-electron chi connectivity index (χ0n) is 19.8. The Morgan fingerprint density at radius 1 is 0.588 bits per heavy atom. The quantitative estimate of drug-likeness (QED) is 0.292. The molecule has 4 aromatic rings. The van der Waals surface area contributed by atoms with Crippen LogP contribution in [0.25, 0.3) is 0 Å². The second-order valence-corrected chi connectivity index (χ2v) is 10.7. The molecule has 0 aliphatic carbocycles. The van der Waals surface area contributed by atoms with Crippen LogP contribution in [0.2, 0.25) is 0 Å². The summed E-state index contributed by atoms with van der Waals surface area (Å²) in [5.74, 6) is 1.87. The molecule has 0 aliphatic rings. The monoisotopic (exact) mass is 472 g/mol. The standard InChI is InChI=1S/C29H28O4S/c1-21-5-7-22(8-6-21)29(2,3)23-9-11-25(12-10-23)33-26-15-19-28(20-16-26)34(30,31)27-17-13-24(32-4)14-18-27/h5-20H,1-4H3. The Labute approximate surface area is 201 Å². The molecule has 0 saturated carbocycles. The molecule has 0 aromatic heterocycles. The predicted octanol–water partition coefficient (Wildman–Crippen LogP) is 6.95. The van der Waals surface area contributed by atoms with Gasteiger partial charge in [0.25, 0.3) is 0 Å². The van der Waals surface area contributed by atoms with E-state index in [-0.39, 0.29) is 15.2 Å². The Morgan fingerprint density at radius 3 is 1.41 bits per heavy atom. The Morgan fingerprint density at radius 2 is 0.971 bits per heavy atom. The average molecular weight is 473 g/mol. The van der Waals surface area contributed by atoms with Crippen molar-refractivity contribution in [3.8, 4) is 17.2 Å². The normalized spacial score (nSPS) is 11.8. The van der Waals surface area contributed by atoms with Crippen LogP contribution in [0.5, 0.6) is 17.2 Å². The van der Waals surface area contributed by atoms with E-state index in [4.69, 9.17) is 9.47 Å². The highest BCUT2D eigenvalue weighted by Gasteiger charge is 2.23. The fourth-order valence-electron chi connectivity index (χ4n) is 3.79. The maximum atomic E-state index is 12.9. The third-order valence-electron chi connectivity index (χ3n) is 6.09. The number of rotatable bonds is 7. The largest absolute Gasteiger partial charge is 0.497 e. The van der Waals surface area contributed by atoms with Crippen LogP contribution in [-0.4, -0.2) is 15.5 Å². The first kappa shape index (κ1) is 23.6. The lowest BCUT2D eigenvalue weighted by atomic mass is 9.78. The van der Waals surface area contributed by atoms with Crippen molar-refractivity contribution in [1.29, 1.82) is 0 Å². The van der Waals surface area contributed by atoms with Crippen LogP contribution < -0.4 is 9.47 Å². The summed E-state index contributed by atoms with van der Waals surface area (Å²) in [6, 6.07) is 29.4. The molecule has 0 fully saturated rings. The molecule has 0 spiro atoms. The first-order valence-corrected chi connectivity index (χ1v) is 12.5. The highest BCUT2D eigenvalue weighted by atomic mass is 32.2. The van der Waals surface area contributed by atoms with Crippen LogP contribution in [0.4, 0.5) is 0 Å². The van der Waals surface area contributed by atoms with Crippen molar-refractivity contribution in [2.24, 2.45) is 0 Å². The number of aryl methyl sites for hydroxylation is 1. The molecule has 0 atom stereocenters. The van der Waals surface area contributed by atoms with Gasteiger partial charge in [0.1, 0.15) is 17.2 Å². The molecule has 0 bridgehead atoms. The van der Waals surface area contributed by atoms with Crippen LogP contribution in [0.1, 0.15) is 30.5 Å². The number of ether oxygens (including phenoxy) is 2. The van der Waals surface area contributed by atoms with Crippen molar-refractivity contribution in [3.63, 3.8) is 0 Å². The number of hydrogen-bond donors (Lipinski definition) is 0. The molecular weight excluding hydrogens is 444 g/mol. The molecule has 34 heavy (non-hydrogen) atoms. The summed E-state index contributed by atoms with van der Waals surface area (Å²) in [5, 5.41) is 0. The van der Waals surface area contributed by atoms with Gasteiger partial charge in [-0.3, -0.25) is 0 Å². The van der Waals surface area contributed by atoms with Gasteiger partial charge in [0.2, 0.25) is 9.84 Å². The van der Waals surface area contributed by atoms with E-state index < -0.39 is 9.84 Å². The van der Waals surface area contributed by atoms with Crippen molar-refractivity contribution in [1.82, 2.24) is 0 Å². The number of benzene rings is 4. The van der Waals surface area contributed by atoms with Crippen molar-refractivity contribution < 1.29 is 17.9 Å². The van der Waals surface area contributed by atoms with Crippen LogP contribution in [-0.2, 0) is 15.3 Å². The van der Waals surface area contributed by atoms with E-state index in [2.05, 4.69) is 57.2 Å². The fourth-order valence-corrected chi connectivity index (χ4v) is 5.05. The minimum atomic E-state index is -3.62. The van der Waals surface area contributed by atoms with E-state index in [1.807, 2.05) is 12.1 Å². The number of hydrogen-bond acceptors (Lipinski definition) is 4. The van der Waals surface area contributed by atoms with Crippen LogP contribution in [0.15, 0.2) is 107 Å². The molecule has 0 N–H and O–H groups in total. The van der Waals surface area contributed by atoms with Gasteiger partial charge in [0.05, 0.1) is 16.9 Å². The van der Waals surface area contributed by atoms with Crippen molar-refractivity contribution in [2.75, 3.05) is 7.11 Å². The summed E-state index contributed by atoms with van der Waals surface area (Å²) >= 11 is 0. The SMILES string of the molecule is COc1ccc(S(=O)(=O)c2ccc(Oc3ccc(C(C)(C)c4ccc(C)cc4)cc3)cc2)cc1. The number of methoxy groups -OCH3 is 1. The van der Waals surface area contributed by atoms with Crippen LogP contribution in [0, 0.1) is 6.92 Å². The van der Waals surface area contributed by atoms with Gasteiger partial charge in [0, 0.05) is 5.41 Å². The maximum Gasteiger partial charge on any atom is 0.206 e. The van der Waals surface area contributed by atoms with Gasteiger partial charge < -0.3 is 9.47 Å². The van der Waals surface area contributed by atoms with E-state index in [1.54, 1.807) is 43.5 Å². The van der Waals surface area contributed by atoms with E-state index >= 15 is 0 Å². The number of sulfone groups is 1. The Kier molecular flexibility index (Phi) is 6.49. The molecule has 0 heterocycles. The van der Waals surface area contributed by atoms with E-state index in [1.165, 1.54) is 28.8 Å². The zero-order chi connectivity index (χ0) is 24.3. The van der Waals surface area contributed by atoms with Gasteiger partial charge in [-0.2, -0.15) is 0 Å². The van der Waals surface area contributed by atoms with Crippen molar-refractivity contribution in [2.45, 2.75) is 36.0 Å². The van der Waals surface area contributed by atoms with E-state index in [9.17, 15) is 8.42 Å². The lowest BCUT2D eigenvalue weighted by Gasteiger charge is -2.26. The van der Waals surface area contributed by atoms with Gasteiger partial charge in [-0.25, -0.2) is 8.42 Å². The first-order valence-electron chi connectivity index (χ1n) is 11.0. The van der Waals surface area contributed by atoms with E-state index in [0.717, 1.165) is 0 Å². The molecule has 4 nitrogen and oxygen atoms in total. The molecular formula is C29H28O4S. The molecule has 0 amide bonds. The molecule has 0 saturated heterocycles. The second-order valence-electron chi connectivity index (χ2n) is 8.77. The molecule has 0 aliphatic heterocycles. The van der Waals surface area contributed by atoms with Gasteiger partial charge in [-0.1, -0.05) is 55.8 Å². The lowest BCUT2D eigenvalue weighted by Crippen LogP contribution is -2.18. The third kappa shape index (κ3) is 4.85. The van der Waals surface area contributed by atoms with Crippen LogP contribution in [0.3, 0.4) is 0 Å². The Bertz CT molecular complexity index is 1350. The minimum Gasteiger partial charge on any atom is -0.497 e. The summed E-state index contributed by atoms with van der Waals surface area (Å²) in [5.41, 5.74) is 3.54. The highest BCUT2D eigenvalue weighted by Crippen LogP contribution is 2.33. The average Bonchev–Trinajstić information content (AvgIpc) is 2.85. The third-order valence-corrected chi connectivity index (χ3v) is 7.87. The molecule has 0 unspecified atom stereocenters. The summed E-state index contributed by atoms with van der Waals surface area (Å²) in [7, 11) is -2.07. The first-order chi connectivity index (χ1) is 16.2. The summed E-state index contributed by atoms with van der Waals surface area (Å²) in [6.45, 7) is 6.50. The molecule has 0 radical (unpaired) electrons. The van der Waals surface area contributed by atoms with Gasteiger partial charge in [0.15, 0.2) is 0 Å². The summed E-state index contributed by atoms with van der Waals surface area (Å²) in [4.78, 5) is 0.425.